The molecular formula is C19H24IN. The van der Waals surface area contributed by atoms with Crippen LogP contribution in [0.3, 0.4) is 0 Å². The van der Waals surface area contributed by atoms with Crippen molar-refractivity contribution < 1.29 is 0 Å². The lowest BCUT2D eigenvalue weighted by atomic mass is 9.79. The highest BCUT2D eigenvalue weighted by Gasteiger charge is 2.20. The van der Waals surface area contributed by atoms with Crippen molar-refractivity contribution in [3.63, 3.8) is 0 Å². The van der Waals surface area contributed by atoms with Gasteiger partial charge in [0.15, 0.2) is 0 Å². The van der Waals surface area contributed by atoms with Gasteiger partial charge in [-0.05, 0) is 56.2 Å². The summed E-state index contributed by atoms with van der Waals surface area (Å²) in [5.41, 5.74) is 5.49. The molecule has 0 saturated heterocycles. The second-order valence-electron chi connectivity index (χ2n) is 7.67. The molecule has 2 heteroatoms. The number of hydrogen-bond donors (Lipinski definition) is 0. The highest BCUT2D eigenvalue weighted by molar-refractivity contribution is 14.1. The van der Waals surface area contributed by atoms with Gasteiger partial charge in [-0.15, -0.1) is 0 Å². The van der Waals surface area contributed by atoms with Crippen molar-refractivity contribution in [2.45, 2.75) is 52.4 Å². The molecule has 1 nitrogen and oxygen atoms in total. The van der Waals surface area contributed by atoms with E-state index in [9.17, 15) is 0 Å². The zero-order valence-corrected chi connectivity index (χ0v) is 15.9. The molecule has 0 aliphatic heterocycles. The topological polar surface area (TPSA) is 12.9 Å². The average Bonchev–Trinajstić information content (AvgIpc) is 2.37. The number of halogens is 1. The molecule has 0 unspecified atom stereocenters. The molecule has 0 spiro atoms. The lowest BCUT2D eigenvalue weighted by molar-refractivity contribution is 0.569. The molecular weight excluding hydrogens is 369 g/mol. The van der Waals surface area contributed by atoms with Crippen LogP contribution in [0, 0.1) is 3.70 Å². The van der Waals surface area contributed by atoms with Crippen LogP contribution in [0.25, 0.3) is 11.1 Å². The van der Waals surface area contributed by atoms with E-state index in [1.807, 2.05) is 6.20 Å². The summed E-state index contributed by atoms with van der Waals surface area (Å²) in [6, 6.07) is 11.2. The summed E-state index contributed by atoms with van der Waals surface area (Å²) < 4.78 is 1.03. The first-order chi connectivity index (χ1) is 9.57. The Kier molecular flexibility index (Phi) is 4.48. The van der Waals surface area contributed by atoms with Crippen LogP contribution in [0.15, 0.2) is 36.5 Å². The van der Waals surface area contributed by atoms with E-state index < -0.39 is 0 Å². The third kappa shape index (κ3) is 4.06. The van der Waals surface area contributed by atoms with Crippen LogP contribution in [0.2, 0.25) is 0 Å². The summed E-state index contributed by atoms with van der Waals surface area (Å²) in [7, 11) is 0. The zero-order chi connectivity index (χ0) is 15.8. The normalized spacial score (nSPS) is 12.5. The Morgan fingerprint density at radius 2 is 1.29 bits per heavy atom. The number of pyridine rings is 1. The summed E-state index contributed by atoms with van der Waals surface area (Å²) in [6.45, 7) is 13.6. The summed E-state index contributed by atoms with van der Waals surface area (Å²) in [5.74, 6) is 0. The van der Waals surface area contributed by atoms with Gasteiger partial charge in [0.25, 0.3) is 0 Å². The molecule has 1 heterocycles. The Hall–Kier alpha value is -0.900. The van der Waals surface area contributed by atoms with Gasteiger partial charge in [0.2, 0.25) is 0 Å². The third-order valence-corrected chi connectivity index (χ3v) is 4.36. The van der Waals surface area contributed by atoms with E-state index in [1.54, 1.807) is 0 Å². The van der Waals surface area contributed by atoms with Gasteiger partial charge in [-0.3, -0.25) is 0 Å². The summed E-state index contributed by atoms with van der Waals surface area (Å²) in [4.78, 5) is 4.43. The lowest BCUT2D eigenvalue weighted by Crippen LogP contribution is -2.16. The smallest absolute Gasteiger partial charge is 0.101 e. The van der Waals surface area contributed by atoms with Crippen molar-refractivity contribution >= 4 is 22.6 Å². The van der Waals surface area contributed by atoms with Gasteiger partial charge in [-0.2, -0.15) is 0 Å². The van der Waals surface area contributed by atoms with Gasteiger partial charge < -0.3 is 0 Å². The number of benzene rings is 1. The van der Waals surface area contributed by atoms with Crippen molar-refractivity contribution in [3.8, 4) is 11.1 Å². The number of nitrogens with zero attached hydrogens (tertiary/aromatic N) is 1. The van der Waals surface area contributed by atoms with E-state index in [0.29, 0.717) is 0 Å². The van der Waals surface area contributed by atoms with Gasteiger partial charge >= 0.3 is 0 Å². The highest BCUT2D eigenvalue weighted by Crippen LogP contribution is 2.33. The fourth-order valence-electron chi connectivity index (χ4n) is 2.21. The molecule has 0 amide bonds. The van der Waals surface area contributed by atoms with E-state index in [4.69, 9.17) is 0 Å². The Morgan fingerprint density at radius 3 is 1.67 bits per heavy atom. The molecule has 1 aromatic heterocycles. The molecule has 2 rings (SSSR count). The fraction of sp³-hybridized carbons (Fsp3) is 0.421. The lowest BCUT2D eigenvalue weighted by Gasteiger charge is -2.26. The van der Waals surface area contributed by atoms with Gasteiger partial charge in [0.05, 0.1) is 0 Å². The van der Waals surface area contributed by atoms with Crippen molar-refractivity contribution in [1.82, 2.24) is 4.98 Å². The molecule has 0 atom stereocenters. The van der Waals surface area contributed by atoms with E-state index in [2.05, 4.69) is 99.4 Å². The van der Waals surface area contributed by atoms with Crippen LogP contribution in [0.1, 0.15) is 52.7 Å². The molecule has 0 fully saturated rings. The maximum absolute atomic E-state index is 4.43. The molecule has 112 valence electrons. The molecule has 0 saturated carbocycles. The minimum Gasteiger partial charge on any atom is -0.250 e. The zero-order valence-electron chi connectivity index (χ0n) is 13.8. The van der Waals surface area contributed by atoms with Crippen LogP contribution >= 0.6 is 22.6 Å². The largest absolute Gasteiger partial charge is 0.250 e. The maximum Gasteiger partial charge on any atom is 0.101 e. The van der Waals surface area contributed by atoms with Crippen LogP contribution in [0.5, 0.6) is 0 Å². The Bertz CT molecular complexity index is 596. The van der Waals surface area contributed by atoms with Crippen LogP contribution in [-0.2, 0) is 10.8 Å². The molecule has 21 heavy (non-hydrogen) atoms. The summed E-state index contributed by atoms with van der Waals surface area (Å²) >= 11 is 2.24. The molecule has 2 aromatic rings. The standard InChI is InChI=1S/C19H24IN/c1-18(2,3)15-9-14(10-16(11-15)19(4,5)6)13-7-8-17(20)21-12-13/h7-12H,1-6H3. The van der Waals surface area contributed by atoms with E-state index in [-0.39, 0.29) is 10.8 Å². The number of rotatable bonds is 1. The van der Waals surface area contributed by atoms with Crippen LogP contribution < -0.4 is 0 Å². The maximum atomic E-state index is 4.43. The Morgan fingerprint density at radius 1 is 0.762 bits per heavy atom. The second kappa shape index (κ2) is 5.71. The second-order valence-corrected chi connectivity index (χ2v) is 8.77. The first-order valence-electron chi connectivity index (χ1n) is 7.35. The van der Waals surface area contributed by atoms with Gasteiger partial charge in [-0.25, -0.2) is 4.98 Å². The average molecular weight is 393 g/mol. The third-order valence-electron chi connectivity index (χ3n) is 3.73. The van der Waals surface area contributed by atoms with Crippen molar-refractivity contribution in [3.05, 3.63) is 51.4 Å². The van der Waals surface area contributed by atoms with Crippen LogP contribution in [0.4, 0.5) is 0 Å². The molecule has 0 aliphatic rings. The molecule has 0 radical (unpaired) electrons. The number of aromatic nitrogens is 1. The summed E-state index contributed by atoms with van der Waals surface area (Å²) in [6.07, 6.45) is 1.97. The molecule has 0 aliphatic carbocycles. The summed E-state index contributed by atoms with van der Waals surface area (Å²) in [5, 5.41) is 0. The minimum atomic E-state index is 0.145. The SMILES string of the molecule is CC(C)(C)c1cc(-c2ccc(I)nc2)cc(C(C)(C)C)c1. The van der Waals surface area contributed by atoms with Gasteiger partial charge in [0, 0.05) is 11.8 Å². The molecule has 0 N–H and O–H groups in total. The Balaban J connectivity index is 2.63. The predicted molar refractivity (Wildman–Crippen MR) is 99.8 cm³/mol. The molecule has 1 aromatic carbocycles. The predicted octanol–water partition coefficient (Wildman–Crippen LogP) is 5.95. The monoisotopic (exact) mass is 393 g/mol. The van der Waals surface area contributed by atoms with Crippen molar-refractivity contribution in [2.75, 3.05) is 0 Å². The number of hydrogen-bond acceptors (Lipinski definition) is 1. The molecule has 0 bridgehead atoms. The van der Waals surface area contributed by atoms with Gasteiger partial charge in [-0.1, -0.05) is 65.8 Å². The minimum absolute atomic E-state index is 0.145. The van der Waals surface area contributed by atoms with Crippen molar-refractivity contribution in [1.29, 1.82) is 0 Å². The highest BCUT2D eigenvalue weighted by atomic mass is 127. The van der Waals surface area contributed by atoms with Gasteiger partial charge in [0.1, 0.15) is 3.70 Å². The Labute approximate surface area is 142 Å². The first kappa shape index (κ1) is 16.5. The van der Waals surface area contributed by atoms with Crippen LogP contribution in [-0.4, -0.2) is 4.98 Å². The van der Waals surface area contributed by atoms with E-state index in [0.717, 1.165) is 3.70 Å². The van der Waals surface area contributed by atoms with E-state index >= 15 is 0 Å². The first-order valence-corrected chi connectivity index (χ1v) is 8.43. The fourth-order valence-corrected chi connectivity index (χ4v) is 2.53. The quantitative estimate of drug-likeness (QED) is 0.431. The van der Waals surface area contributed by atoms with Crippen molar-refractivity contribution in [2.24, 2.45) is 0 Å². The van der Waals surface area contributed by atoms with E-state index in [1.165, 1.54) is 22.3 Å².